The predicted molar refractivity (Wildman–Crippen MR) is 97.0 cm³/mol. The molecule has 0 atom stereocenters. The van der Waals surface area contributed by atoms with Gasteiger partial charge in [-0.1, -0.05) is 35.3 Å². The van der Waals surface area contributed by atoms with Gasteiger partial charge < -0.3 is 15.0 Å². The number of urea groups is 1. The highest BCUT2D eigenvalue weighted by atomic mass is 35.5. The zero-order valence-electron chi connectivity index (χ0n) is 13.3. The molecule has 4 nitrogen and oxygen atoms in total. The first-order chi connectivity index (χ1) is 11.6. The summed E-state index contributed by atoms with van der Waals surface area (Å²) < 4.78 is 5.17. The maximum Gasteiger partial charge on any atom is 0.322 e. The SMILES string of the molecule is COc1ccc(CN(C(=O)Nc2ccc(Cl)c(Cl)c2)C2CC2)cc1. The van der Waals surface area contributed by atoms with E-state index in [1.54, 1.807) is 25.3 Å². The van der Waals surface area contributed by atoms with E-state index in [1.807, 2.05) is 29.2 Å². The molecule has 1 fully saturated rings. The van der Waals surface area contributed by atoms with Crippen LogP contribution in [0.1, 0.15) is 18.4 Å². The second-order valence-corrected chi connectivity index (χ2v) is 6.58. The molecule has 0 unspecified atom stereocenters. The first-order valence-electron chi connectivity index (χ1n) is 7.72. The van der Waals surface area contributed by atoms with Crippen LogP contribution in [0, 0.1) is 0 Å². The number of amides is 2. The molecule has 2 aromatic rings. The standard InChI is InChI=1S/C18H18Cl2N2O2/c1-24-15-7-2-12(3-8-15)11-22(14-5-6-14)18(23)21-13-4-9-16(19)17(20)10-13/h2-4,7-10,14H,5-6,11H2,1H3,(H,21,23). The lowest BCUT2D eigenvalue weighted by Crippen LogP contribution is -2.36. The normalized spacial score (nSPS) is 13.5. The molecule has 126 valence electrons. The number of benzene rings is 2. The summed E-state index contributed by atoms with van der Waals surface area (Å²) in [6.45, 7) is 0.557. The quantitative estimate of drug-likeness (QED) is 0.791. The number of carbonyl (C=O) groups is 1. The molecule has 6 heteroatoms. The number of nitrogens with zero attached hydrogens (tertiary/aromatic N) is 1. The van der Waals surface area contributed by atoms with Crippen molar-refractivity contribution in [2.75, 3.05) is 12.4 Å². The Morgan fingerprint density at radius 3 is 2.46 bits per heavy atom. The molecule has 1 saturated carbocycles. The predicted octanol–water partition coefficient (Wildman–Crippen LogP) is 5.20. The van der Waals surface area contributed by atoms with Crippen LogP contribution in [0.25, 0.3) is 0 Å². The molecule has 24 heavy (non-hydrogen) atoms. The third-order valence-electron chi connectivity index (χ3n) is 3.93. The molecular formula is C18H18Cl2N2O2. The molecule has 0 bridgehead atoms. The van der Waals surface area contributed by atoms with Crippen LogP contribution in [-0.4, -0.2) is 24.1 Å². The van der Waals surface area contributed by atoms with Crippen LogP contribution in [0.15, 0.2) is 42.5 Å². The molecule has 0 aliphatic heterocycles. The highest BCUT2D eigenvalue weighted by Crippen LogP contribution is 2.30. The highest BCUT2D eigenvalue weighted by molar-refractivity contribution is 6.42. The zero-order chi connectivity index (χ0) is 17.1. The van der Waals surface area contributed by atoms with E-state index in [1.165, 1.54) is 0 Å². The van der Waals surface area contributed by atoms with Crippen LogP contribution in [0.3, 0.4) is 0 Å². The van der Waals surface area contributed by atoms with Gasteiger partial charge in [-0.15, -0.1) is 0 Å². The van der Waals surface area contributed by atoms with Crippen molar-refractivity contribution in [3.8, 4) is 5.75 Å². The number of anilines is 1. The summed E-state index contributed by atoms with van der Waals surface area (Å²) in [7, 11) is 1.64. The number of nitrogens with one attached hydrogen (secondary N) is 1. The minimum absolute atomic E-state index is 0.133. The average Bonchev–Trinajstić information content (AvgIpc) is 3.41. The van der Waals surface area contributed by atoms with E-state index in [9.17, 15) is 4.79 Å². The van der Waals surface area contributed by atoms with Gasteiger partial charge in [-0.2, -0.15) is 0 Å². The Morgan fingerprint density at radius 2 is 1.88 bits per heavy atom. The van der Waals surface area contributed by atoms with Crippen molar-refractivity contribution in [2.45, 2.75) is 25.4 Å². The Balaban J connectivity index is 1.70. The summed E-state index contributed by atoms with van der Waals surface area (Å²) in [6, 6.07) is 13.0. The van der Waals surface area contributed by atoms with Gasteiger partial charge in [0.05, 0.1) is 17.2 Å². The van der Waals surface area contributed by atoms with Gasteiger partial charge in [0.15, 0.2) is 0 Å². The van der Waals surface area contributed by atoms with Gasteiger partial charge in [0.1, 0.15) is 5.75 Å². The minimum Gasteiger partial charge on any atom is -0.497 e. The van der Waals surface area contributed by atoms with E-state index in [-0.39, 0.29) is 12.1 Å². The number of halogens is 2. The van der Waals surface area contributed by atoms with E-state index < -0.39 is 0 Å². The fourth-order valence-electron chi connectivity index (χ4n) is 2.45. The van der Waals surface area contributed by atoms with Crippen molar-refractivity contribution in [1.29, 1.82) is 0 Å². The lowest BCUT2D eigenvalue weighted by atomic mass is 10.2. The molecule has 2 amide bonds. The summed E-state index contributed by atoms with van der Waals surface area (Å²) in [6.07, 6.45) is 2.07. The topological polar surface area (TPSA) is 41.6 Å². The van der Waals surface area contributed by atoms with Gasteiger partial charge in [-0.25, -0.2) is 4.79 Å². The molecule has 3 rings (SSSR count). The van der Waals surface area contributed by atoms with Crippen molar-refractivity contribution in [3.05, 3.63) is 58.1 Å². The second kappa shape index (κ2) is 7.32. The van der Waals surface area contributed by atoms with E-state index >= 15 is 0 Å². The average molecular weight is 365 g/mol. The number of hydrogen-bond acceptors (Lipinski definition) is 2. The van der Waals surface area contributed by atoms with E-state index in [0.29, 0.717) is 22.3 Å². The number of methoxy groups -OCH3 is 1. The van der Waals surface area contributed by atoms with Gasteiger partial charge in [0.25, 0.3) is 0 Å². The third-order valence-corrected chi connectivity index (χ3v) is 4.67. The largest absolute Gasteiger partial charge is 0.497 e. The van der Waals surface area contributed by atoms with Crippen molar-refractivity contribution in [2.24, 2.45) is 0 Å². The van der Waals surface area contributed by atoms with Gasteiger partial charge in [-0.3, -0.25) is 0 Å². The summed E-state index contributed by atoms with van der Waals surface area (Å²) >= 11 is 11.9. The fraction of sp³-hybridized carbons (Fsp3) is 0.278. The molecule has 2 aromatic carbocycles. The van der Waals surface area contributed by atoms with E-state index in [4.69, 9.17) is 27.9 Å². The minimum atomic E-state index is -0.133. The molecule has 0 aromatic heterocycles. The monoisotopic (exact) mass is 364 g/mol. The Bertz CT molecular complexity index is 730. The maximum atomic E-state index is 12.6. The van der Waals surface area contributed by atoms with Crippen molar-refractivity contribution < 1.29 is 9.53 Å². The van der Waals surface area contributed by atoms with Gasteiger partial charge in [0, 0.05) is 18.3 Å². The van der Waals surface area contributed by atoms with E-state index in [0.717, 1.165) is 24.2 Å². The van der Waals surface area contributed by atoms with Crippen molar-refractivity contribution in [3.63, 3.8) is 0 Å². The van der Waals surface area contributed by atoms with Crippen LogP contribution >= 0.6 is 23.2 Å². The number of rotatable bonds is 5. The molecule has 0 radical (unpaired) electrons. The van der Waals surface area contributed by atoms with Crippen LogP contribution in [0.5, 0.6) is 5.75 Å². The van der Waals surface area contributed by atoms with E-state index in [2.05, 4.69) is 5.32 Å². The smallest absolute Gasteiger partial charge is 0.322 e. The van der Waals surface area contributed by atoms with Crippen molar-refractivity contribution in [1.82, 2.24) is 4.90 Å². The van der Waals surface area contributed by atoms with Gasteiger partial charge in [-0.05, 0) is 48.7 Å². The third kappa shape index (κ3) is 4.13. The molecule has 0 spiro atoms. The van der Waals surface area contributed by atoms with Crippen LogP contribution < -0.4 is 10.1 Å². The van der Waals surface area contributed by atoms with Gasteiger partial charge in [0.2, 0.25) is 0 Å². The highest BCUT2D eigenvalue weighted by Gasteiger charge is 2.32. The van der Waals surface area contributed by atoms with Crippen molar-refractivity contribution >= 4 is 34.9 Å². The Kier molecular flexibility index (Phi) is 5.17. The Morgan fingerprint density at radius 1 is 1.17 bits per heavy atom. The zero-order valence-corrected chi connectivity index (χ0v) is 14.8. The molecular weight excluding hydrogens is 347 g/mol. The summed E-state index contributed by atoms with van der Waals surface area (Å²) in [5.74, 6) is 0.803. The summed E-state index contributed by atoms with van der Waals surface area (Å²) in [4.78, 5) is 14.5. The van der Waals surface area contributed by atoms with Crippen LogP contribution in [-0.2, 0) is 6.54 Å². The number of ether oxygens (including phenoxy) is 1. The summed E-state index contributed by atoms with van der Waals surface area (Å²) in [5, 5.41) is 3.78. The first kappa shape index (κ1) is 16.9. The number of carbonyl (C=O) groups excluding carboxylic acids is 1. The molecule has 1 N–H and O–H groups in total. The second-order valence-electron chi connectivity index (χ2n) is 5.77. The molecule has 0 saturated heterocycles. The van der Waals surface area contributed by atoms with Crippen LogP contribution in [0.4, 0.5) is 10.5 Å². The molecule has 0 heterocycles. The molecule has 1 aliphatic rings. The number of hydrogen-bond donors (Lipinski definition) is 1. The first-order valence-corrected chi connectivity index (χ1v) is 8.48. The lowest BCUT2D eigenvalue weighted by Gasteiger charge is -2.23. The fourth-order valence-corrected chi connectivity index (χ4v) is 2.75. The summed E-state index contributed by atoms with van der Waals surface area (Å²) in [5.41, 5.74) is 1.70. The Labute approximate surface area is 151 Å². The van der Waals surface area contributed by atoms with Gasteiger partial charge >= 0.3 is 6.03 Å². The van der Waals surface area contributed by atoms with Crippen LogP contribution in [0.2, 0.25) is 10.0 Å². The lowest BCUT2D eigenvalue weighted by molar-refractivity contribution is 0.206. The Hall–Kier alpha value is -1.91. The molecule has 1 aliphatic carbocycles. The maximum absolute atomic E-state index is 12.6.